The molecule has 0 aliphatic carbocycles. The van der Waals surface area contributed by atoms with Crippen LogP contribution in [0.4, 0.5) is 10.5 Å². The number of nitrogens with one attached hydrogen (secondary N) is 1. The number of amides is 3. The highest BCUT2D eigenvalue weighted by Crippen LogP contribution is 2.33. The number of nitrogens with two attached hydrogens (primary N) is 1. The number of rotatable bonds is 3. The number of methoxy groups -OCH3 is 1. The SMILES string of the molecule is COc1ccc2c(c1)CCN2C(=O)[C@@H](NC(N)=O)C(C)(C)C. The van der Waals surface area contributed by atoms with Crippen molar-refractivity contribution in [3.05, 3.63) is 23.8 Å². The Hall–Kier alpha value is -2.24. The van der Waals surface area contributed by atoms with Gasteiger partial charge in [0.15, 0.2) is 0 Å². The predicted molar refractivity (Wildman–Crippen MR) is 85.0 cm³/mol. The molecule has 0 saturated heterocycles. The molecule has 0 radical (unpaired) electrons. The Labute approximate surface area is 130 Å². The third kappa shape index (κ3) is 3.16. The molecule has 0 spiro atoms. The molecule has 6 nitrogen and oxygen atoms in total. The van der Waals surface area contributed by atoms with Crippen molar-refractivity contribution in [2.75, 3.05) is 18.6 Å². The number of benzene rings is 1. The van der Waals surface area contributed by atoms with Gasteiger partial charge in [0.05, 0.1) is 7.11 Å². The van der Waals surface area contributed by atoms with Crippen molar-refractivity contribution < 1.29 is 14.3 Å². The number of anilines is 1. The molecule has 0 bridgehead atoms. The van der Waals surface area contributed by atoms with E-state index in [9.17, 15) is 9.59 Å². The van der Waals surface area contributed by atoms with Crippen LogP contribution in [-0.2, 0) is 11.2 Å². The van der Waals surface area contributed by atoms with E-state index < -0.39 is 17.5 Å². The number of primary amides is 1. The van der Waals surface area contributed by atoms with Crippen LogP contribution in [0.3, 0.4) is 0 Å². The molecule has 1 aromatic rings. The van der Waals surface area contributed by atoms with Crippen LogP contribution in [0.2, 0.25) is 0 Å². The van der Waals surface area contributed by atoms with Gasteiger partial charge in [0.2, 0.25) is 5.91 Å². The van der Waals surface area contributed by atoms with Crippen molar-refractivity contribution in [3.8, 4) is 5.75 Å². The van der Waals surface area contributed by atoms with Crippen LogP contribution < -0.4 is 20.7 Å². The summed E-state index contributed by atoms with van der Waals surface area (Å²) >= 11 is 0. The molecule has 0 saturated carbocycles. The van der Waals surface area contributed by atoms with Crippen LogP contribution in [0, 0.1) is 5.41 Å². The summed E-state index contributed by atoms with van der Waals surface area (Å²) in [6.07, 6.45) is 0.770. The summed E-state index contributed by atoms with van der Waals surface area (Å²) in [4.78, 5) is 25.8. The molecule has 0 fully saturated rings. The smallest absolute Gasteiger partial charge is 0.312 e. The van der Waals surface area contributed by atoms with Gasteiger partial charge >= 0.3 is 6.03 Å². The standard InChI is InChI=1S/C16H23N3O3/c1-16(2,3)13(18-15(17)21)14(20)19-8-7-10-9-11(22-4)5-6-12(10)19/h5-6,9,13H,7-8H2,1-4H3,(H3,17,18,21)/t13-/m1/s1. The zero-order valence-electron chi connectivity index (χ0n) is 13.5. The van der Waals surface area contributed by atoms with Crippen molar-refractivity contribution >= 4 is 17.6 Å². The molecule has 0 unspecified atom stereocenters. The highest BCUT2D eigenvalue weighted by Gasteiger charge is 2.37. The van der Waals surface area contributed by atoms with E-state index in [4.69, 9.17) is 10.5 Å². The molecular formula is C16H23N3O3. The molecule has 1 aliphatic heterocycles. The summed E-state index contributed by atoms with van der Waals surface area (Å²) in [5.41, 5.74) is 6.73. The number of ether oxygens (including phenoxy) is 1. The average molecular weight is 305 g/mol. The van der Waals surface area contributed by atoms with Crippen LogP contribution in [0.15, 0.2) is 18.2 Å². The summed E-state index contributed by atoms with van der Waals surface area (Å²) in [5, 5.41) is 2.57. The number of hydrogen-bond acceptors (Lipinski definition) is 3. The fourth-order valence-electron chi connectivity index (χ4n) is 2.68. The monoisotopic (exact) mass is 305 g/mol. The maximum Gasteiger partial charge on any atom is 0.312 e. The zero-order chi connectivity index (χ0) is 16.5. The van der Waals surface area contributed by atoms with Crippen molar-refractivity contribution in [3.63, 3.8) is 0 Å². The van der Waals surface area contributed by atoms with E-state index in [0.717, 1.165) is 23.4 Å². The lowest BCUT2D eigenvalue weighted by Crippen LogP contribution is -2.55. The molecule has 6 heteroatoms. The van der Waals surface area contributed by atoms with E-state index in [1.165, 1.54) is 0 Å². The Morgan fingerprint density at radius 2 is 2.05 bits per heavy atom. The zero-order valence-corrected chi connectivity index (χ0v) is 13.5. The van der Waals surface area contributed by atoms with E-state index in [-0.39, 0.29) is 5.91 Å². The van der Waals surface area contributed by atoms with E-state index in [1.54, 1.807) is 12.0 Å². The normalized spacial score (nSPS) is 15.2. The Kier molecular flexibility index (Phi) is 4.30. The van der Waals surface area contributed by atoms with Gasteiger partial charge in [-0.1, -0.05) is 20.8 Å². The minimum atomic E-state index is -0.692. The van der Waals surface area contributed by atoms with Crippen LogP contribution in [0.1, 0.15) is 26.3 Å². The number of carbonyl (C=O) groups excluding carboxylic acids is 2. The molecule has 0 aromatic heterocycles. The molecular weight excluding hydrogens is 282 g/mol. The van der Waals surface area contributed by atoms with E-state index in [0.29, 0.717) is 6.54 Å². The Bertz CT molecular complexity index is 593. The minimum Gasteiger partial charge on any atom is -0.497 e. The number of urea groups is 1. The largest absolute Gasteiger partial charge is 0.497 e. The second-order valence-electron chi connectivity index (χ2n) is 6.54. The fraction of sp³-hybridized carbons (Fsp3) is 0.500. The molecule has 22 heavy (non-hydrogen) atoms. The van der Waals surface area contributed by atoms with Crippen molar-refractivity contribution in [2.24, 2.45) is 11.1 Å². The number of fused-ring (bicyclic) bond motifs is 1. The number of carbonyl (C=O) groups is 2. The van der Waals surface area contributed by atoms with Gasteiger partial charge in [0.1, 0.15) is 11.8 Å². The van der Waals surface area contributed by atoms with Gasteiger partial charge < -0.3 is 20.7 Å². The highest BCUT2D eigenvalue weighted by molar-refractivity contribution is 6.01. The first-order chi connectivity index (χ1) is 10.2. The second kappa shape index (κ2) is 5.87. The van der Waals surface area contributed by atoms with E-state index in [2.05, 4.69) is 5.32 Å². The molecule has 1 heterocycles. The molecule has 3 N–H and O–H groups in total. The highest BCUT2D eigenvalue weighted by atomic mass is 16.5. The summed E-state index contributed by atoms with van der Waals surface area (Å²) < 4.78 is 5.21. The fourth-order valence-corrected chi connectivity index (χ4v) is 2.68. The first-order valence-electron chi connectivity index (χ1n) is 7.28. The van der Waals surface area contributed by atoms with Crippen molar-refractivity contribution in [1.82, 2.24) is 5.32 Å². The van der Waals surface area contributed by atoms with Gasteiger partial charge in [-0.05, 0) is 35.6 Å². The lowest BCUT2D eigenvalue weighted by atomic mass is 9.86. The Balaban J connectivity index is 2.29. The summed E-state index contributed by atoms with van der Waals surface area (Å²) in [6.45, 7) is 6.29. The Morgan fingerprint density at radius 1 is 1.36 bits per heavy atom. The third-order valence-electron chi connectivity index (χ3n) is 3.85. The second-order valence-corrected chi connectivity index (χ2v) is 6.54. The topological polar surface area (TPSA) is 84.7 Å². The lowest BCUT2D eigenvalue weighted by molar-refractivity contribution is -0.122. The van der Waals surface area contributed by atoms with Gasteiger partial charge in [-0.15, -0.1) is 0 Å². The summed E-state index contributed by atoms with van der Waals surface area (Å²) in [6, 6.07) is 4.29. The van der Waals surface area contributed by atoms with Crippen molar-refractivity contribution in [1.29, 1.82) is 0 Å². The quantitative estimate of drug-likeness (QED) is 0.891. The lowest BCUT2D eigenvalue weighted by Gasteiger charge is -2.33. The average Bonchev–Trinajstić information content (AvgIpc) is 2.85. The van der Waals surface area contributed by atoms with Crippen LogP contribution in [-0.4, -0.2) is 31.6 Å². The third-order valence-corrected chi connectivity index (χ3v) is 3.85. The maximum atomic E-state index is 12.9. The Morgan fingerprint density at radius 3 is 2.59 bits per heavy atom. The van der Waals surface area contributed by atoms with Crippen LogP contribution in [0.25, 0.3) is 0 Å². The van der Waals surface area contributed by atoms with Crippen LogP contribution in [0.5, 0.6) is 5.75 Å². The van der Waals surface area contributed by atoms with Gasteiger partial charge in [-0.25, -0.2) is 4.79 Å². The molecule has 120 valence electrons. The molecule has 1 aromatic carbocycles. The summed E-state index contributed by atoms with van der Waals surface area (Å²) in [7, 11) is 1.62. The van der Waals surface area contributed by atoms with E-state index in [1.807, 2.05) is 39.0 Å². The number of nitrogens with zero attached hydrogens (tertiary/aromatic N) is 1. The first-order valence-corrected chi connectivity index (χ1v) is 7.28. The van der Waals surface area contributed by atoms with Crippen molar-refractivity contribution in [2.45, 2.75) is 33.2 Å². The molecule has 3 amide bonds. The predicted octanol–water partition coefficient (Wildman–Crippen LogP) is 1.67. The first kappa shape index (κ1) is 16.1. The van der Waals surface area contributed by atoms with Gasteiger partial charge in [0.25, 0.3) is 0 Å². The minimum absolute atomic E-state index is 0.143. The molecule has 1 atom stereocenters. The maximum absolute atomic E-state index is 12.9. The van der Waals surface area contributed by atoms with Crippen LogP contribution >= 0.6 is 0 Å². The van der Waals surface area contributed by atoms with Gasteiger partial charge in [-0.3, -0.25) is 4.79 Å². The molecule has 2 rings (SSSR count). The van der Waals surface area contributed by atoms with Gasteiger partial charge in [-0.2, -0.15) is 0 Å². The van der Waals surface area contributed by atoms with Gasteiger partial charge in [0, 0.05) is 12.2 Å². The van der Waals surface area contributed by atoms with E-state index >= 15 is 0 Å². The number of hydrogen-bond donors (Lipinski definition) is 2. The molecule has 1 aliphatic rings. The summed E-state index contributed by atoms with van der Waals surface area (Å²) in [5.74, 6) is 0.630.